The molecule has 2 rings (SSSR count). The Morgan fingerprint density at radius 2 is 1.90 bits per heavy atom. The number of nitrogens with two attached hydrogens (primary N) is 1. The number of ether oxygens (including phenoxy) is 1. The van der Waals surface area contributed by atoms with E-state index in [0.29, 0.717) is 0 Å². The zero-order chi connectivity index (χ0) is 15.5. The standard InChI is InChI=1S/C17H26N2O2/c1-17(2,3)21-15-9-7-14(8-10-15)19-16(20)12-5-4-6-13(18)11-12/h7-10,12-13H,4-6,11,18H2,1-3H3,(H,19,20). The molecule has 0 bridgehead atoms. The molecular weight excluding hydrogens is 264 g/mol. The van der Waals surface area contributed by atoms with Gasteiger partial charge in [0.15, 0.2) is 0 Å². The molecule has 1 aliphatic carbocycles. The fourth-order valence-corrected chi connectivity index (χ4v) is 2.67. The van der Waals surface area contributed by atoms with Gasteiger partial charge in [-0.3, -0.25) is 4.79 Å². The second-order valence-corrected chi connectivity index (χ2v) is 6.85. The zero-order valence-corrected chi connectivity index (χ0v) is 13.2. The van der Waals surface area contributed by atoms with E-state index in [1.165, 1.54) is 0 Å². The van der Waals surface area contributed by atoms with Crippen LogP contribution in [0, 0.1) is 5.92 Å². The quantitative estimate of drug-likeness (QED) is 0.897. The smallest absolute Gasteiger partial charge is 0.227 e. The van der Waals surface area contributed by atoms with E-state index in [0.717, 1.165) is 37.1 Å². The summed E-state index contributed by atoms with van der Waals surface area (Å²) in [5.41, 5.74) is 6.53. The lowest BCUT2D eigenvalue weighted by Crippen LogP contribution is -2.34. The highest BCUT2D eigenvalue weighted by Crippen LogP contribution is 2.25. The minimum atomic E-state index is -0.219. The van der Waals surface area contributed by atoms with E-state index in [9.17, 15) is 4.79 Å². The fourth-order valence-electron chi connectivity index (χ4n) is 2.67. The van der Waals surface area contributed by atoms with Crippen molar-refractivity contribution in [2.75, 3.05) is 5.32 Å². The molecule has 21 heavy (non-hydrogen) atoms. The highest BCUT2D eigenvalue weighted by atomic mass is 16.5. The van der Waals surface area contributed by atoms with Crippen LogP contribution in [0.5, 0.6) is 5.75 Å². The Labute approximate surface area is 127 Å². The van der Waals surface area contributed by atoms with Gasteiger partial charge in [-0.25, -0.2) is 0 Å². The van der Waals surface area contributed by atoms with Crippen LogP contribution in [-0.4, -0.2) is 17.6 Å². The summed E-state index contributed by atoms with van der Waals surface area (Å²) >= 11 is 0. The van der Waals surface area contributed by atoms with Crippen molar-refractivity contribution in [2.45, 2.75) is 58.1 Å². The molecule has 1 fully saturated rings. The Morgan fingerprint density at radius 3 is 2.48 bits per heavy atom. The minimum absolute atomic E-state index is 0.0410. The normalized spacial score (nSPS) is 22.7. The largest absolute Gasteiger partial charge is 0.488 e. The summed E-state index contributed by atoms with van der Waals surface area (Å²) < 4.78 is 5.76. The predicted molar refractivity (Wildman–Crippen MR) is 85.4 cm³/mol. The molecule has 4 nitrogen and oxygen atoms in total. The van der Waals surface area contributed by atoms with E-state index in [1.54, 1.807) is 0 Å². The topological polar surface area (TPSA) is 64.3 Å². The minimum Gasteiger partial charge on any atom is -0.488 e. The Balaban J connectivity index is 1.92. The van der Waals surface area contributed by atoms with Crippen LogP contribution in [0.2, 0.25) is 0 Å². The van der Waals surface area contributed by atoms with Gasteiger partial charge >= 0.3 is 0 Å². The molecule has 0 spiro atoms. The van der Waals surface area contributed by atoms with Crippen LogP contribution in [0.25, 0.3) is 0 Å². The van der Waals surface area contributed by atoms with E-state index < -0.39 is 0 Å². The predicted octanol–water partition coefficient (Wildman–Crippen LogP) is 3.32. The van der Waals surface area contributed by atoms with Crippen molar-refractivity contribution < 1.29 is 9.53 Å². The summed E-state index contributed by atoms with van der Waals surface area (Å²) in [6.07, 6.45) is 3.79. The second kappa shape index (κ2) is 6.48. The second-order valence-electron chi connectivity index (χ2n) is 6.85. The molecule has 1 aliphatic rings. The van der Waals surface area contributed by atoms with E-state index >= 15 is 0 Å². The molecule has 116 valence electrons. The third-order valence-corrected chi connectivity index (χ3v) is 3.63. The first-order valence-corrected chi connectivity index (χ1v) is 7.69. The lowest BCUT2D eigenvalue weighted by Gasteiger charge is -2.25. The molecule has 0 aliphatic heterocycles. The first-order chi connectivity index (χ1) is 9.83. The van der Waals surface area contributed by atoms with Crippen LogP contribution in [-0.2, 0) is 4.79 Å². The van der Waals surface area contributed by atoms with Gasteiger partial charge < -0.3 is 15.8 Å². The number of rotatable bonds is 3. The lowest BCUT2D eigenvalue weighted by molar-refractivity contribution is -0.120. The summed E-state index contributed by atoms with van der Waals surface area (Å²) in [7, 11) is 0. The van der Waals surface area contributed by atoms with Crippen LogP contribution >= 0.6 is 0 Å². The van der Waals surface area contributed by atoms with Crippen molar-refractivity contribution in [3.8, 4) is 5.75 Å². The van der Waals surface area contributed by atoms with Crippen molar-refractivity contribution in [3.63, 3.8) is 0 Å². The van der Waals surface area contributed by atoms with Crippen molar-refractivity contribution in [1.29, 1.82) is 0 Å². The molecule has 0 aromatic heterocycles. The van der Waals surface area contributed by atoms with Crippen molar-refractivity contribution >= 4 is 11.6 Å². The maximum Gasteiger partial charge on any atom is 0.227 e. The molecule has 1 aromatic carbocycles. The molecule has 0 radical (unpaired) electrons. The molecule has 1 amide bonds. The number of benzene rings is 1. The van der Waals surface area contributed by atoms with Gasteiger partial charge in [0.2, 0.25) is 5.91 Å². The average Bonchev–Trinajstić information content (AvgIpc) is 2.39. The monoisotopic (exact) mass is 290 g/mol. The van der Waals surface area contributed by atoms with Crippen LogP contribution in [0.4, 0.5) is 5.69 Å². The molecule has 3 N–H and O–H groups in total. The van der Waals surface area contributed by atoms with Gasteiger partial charge in [-0.15, -0.1) is 0 Å². The Kier molecular flexibility index (Phi) is 4.88. The number of nitrogens with one attached hydrogen (secondary N) is 1. The summed E-state index contributed by atoms with van der Waals surface area (Å²) in [5.74, 6) is 0.925. The van der Waals surface area contributed by atoms with Gasteiger partial charge in [0.1, 0.15) is 11.4 Å². The summed E-state index contributed by atoms with van der Waals surface area (Å²) in [6.45, 7) is 6.03. The SMILES string of the molecule is CC(C)(C)Oc1ccc(NC(=O)C2CCCC(N)C2)cc1. The van der Waals surface area contributed by atoms with Gasteiger partial charge in [0.05, 0.1) is 0 Å². The maximum atomic E-state index is 12.2. The molecule has 4 heteroatoms. The van der Waals surface area contributed by atoms with Gasteiger partial charge in [0.25, 0.3) is 0 Å². The third-order valence-electron chi connectivity index (χ3n) is 3.63. The Morgan fingerprint density at radius 1 is 1.24 bits per heavy atom. The first kappa shape index (κ1) is 15.8. The summed E-state index contributed by atoms with van der Waals surface area (Å²) in [6, 6.07) is 7.68. The number of anilines is 1. The summed E-state index contributed by atoms with van der Waals surface area (Å²) in [4.78, 5) is 12.2. The molecule has 0 heterocycles. The Hall–Kier alpha value is -1.55. The van der Waals surface area contributed by atoms with Crippen LogP contribution < -0.4 is 15.8 Å². The zero-order valence-electron chi connectivity index (χ0n) is 13.2. The highest BCUT2D eigenvalue weighted by Gasteiger charge is 2.25. The number of hydrogen-bond acceptors (Lipinski definition) is 3. The Bertz CT molecular complexity index is 477. The molecule has 1 saturated carbocycles. The average molecular weight is 290 g/mol. The van der Waals surface area contributed by atoms with E-state index in [2.05, 4.69) is 5.32 Å². The van der Waals surface area contributed by atoms with Crippen LogP contribution in [0.15, 0.2) is 24.3 Å². The van der Waals surface area contributed by atoms with Crippen LogP contribution in [0.1, 0.15) is 46.5 Å². The summed E-state index contributed by atoms with van der Waals surface area (Å²) in [5, 5.41) is 2.97. The fraction of sp³-hybridized carbons (Fsp3) is 0.588. The molecular formula is C17H26N2O2. The number of carbonyl (C=O) groups excluding carboxylic acids is 1. The number of carbonyl (C=O) groups is 1. The van der Waals surface area contributed by atoms with E-state index in [-0.39, 0.29) is 23.5 Å². The van der Waals surface area contributed by atoms with Crippen LogP contribution in [0.3, 0.4) is 0 Å². The first-order valence-electron chi connectivity index (χ1n) is 7.69. The molecule has 1 aromatic rings. The molecule has 2 atom stereocenters. The van der Waals surface area contributed by atoms with Crippen molar-refractivity contribution in [1.82, 2.24) is 0 Å². The maximum absolute atomic E-state index is 12.2. The van der Waals surface area contributed by atoms with Crippen molar-refractivity contribution in [2.24, 2.45) is 11.7 Å². The van der Waals surface area contributed by atoms with Gasteiger partial charge in [-0.05, 0) is 64.3 Å². The third kappa shape index (κ3) is 5.05. The lowest BCUT2D eigenvalue weighted by atomic mass is 9.85. The van der Waals surface area contributed by atoms with Gasteiger partial charge in [0, 0.05) is 17.6 Å². The molecule has 0 saturated heterocycles. The highest BCUT2D eigenvalue weighted by molar-refractivity contribution is 5.92. The van der Waals surface area contributed by atoms with Gasteiger partial charge in [-0.1, -0.05) is 6.42 Å². The number of hydrogen-bond donors (Lipinski definition) is 2. The van der Waals surface area contributed by atoms with Crippen molar-refractivity contribution in [3.05, 3.63) is 24.3 Å². The molecule has 2 unspecified atom stereocenters. The van der Waals surface area contributed by atoms with Gasteiger partial charge in [-0.2, -0.15) is 0 Å². The van der Waals surface area contributed by atoms with E-state index in [4.69, 9.17) is 10.5 Å². The number of amides is 1. The van der Waals surface area contributed by atoms with E-state index in [1.807, 2.05) is 45.0 Å².